The lowest BCUT2D eigenvalue weighted by molar-refractivity contribution is -0.122. The minimum absolute atomic E-state index is 0.160. The number of carbonyl (C=O) groups excluding carboxylic acids is 1. The Morgan fingerprint density at radius 3 is 2.41 bits per heavy atom. The van der Waals surface area contributed by atoms with E-state index < -0.39 is 0 Å². The van der Waals surface area contributed by atoms with E-state index in [0.29, 0.717) is 24.8 Å². The van der Waals surface area contributed by atoms with Crippen LogP contribution in [0.1, 0.15) is 63.0 Å². The van der Waals surface area contributed by atoms with Crippen molar-refractivity contribution in [3.8, 4) is 5.69 Å². The van der Waals surface area contributed by atoms with Crippen LogP contribution in [0.2, 0.25) is 0 Å². The number of hydrogen-bond acceptors (Lipinski definition) is 6. The van der Waals surface area contributed by atoms with Crippen LogP contribution in [0, 0.1) is 19.8 Å². The molecule has 0 aliphatic heterocycles. The van der Waals surface area contributed by atoms with Gasteiger partial charge in [-0.05, 0) is 57.6 Å². The SMILES string of the molecule is COCc1nc(NC2CCC(NC(=O)CC(C)C)CC2)c2c(C)nn(-c3ccc(C)cc3)c2n1. The molecule has 8 nitrogen and oxygen atoms in total. The molecule has 2 N–H and O–H groups in total. The number of aromatic nitrogens is 4. The second kappa shape index (κ2) is 10.5. The molecule has 1 amide bonds. The first-order valence-corrected chi connectivity index (χ1v) is 12.2. The summed E-state index contributed by atoms with van der Waals surface area (Å²) in [6, 6.07) is 8.81. The third-order valence-corrected chi connectivity index (χ3v) is 6.33. The van der Waals surface area contributed by atoms with Gasteiger partial charge >= 0.3 is 0 Å². The molecule has 0 bridgehead atoms. The van der Waals surface area contributed by atoms with E-state index >= 15 is 0 Å². The Labute approximate surface area is 201 Å². The second-order valence-electron chi connectivity index (χ2n) is 9.81. The third kappa shape index (κ3) is 5.55. The van der Waals surface area contributed by atoms with Crippen LogP contribution in [0.3, 0.4) is 0 Å². The van der Waals surface area contributed by atoms with Gasteiger partial charge in [0.1, 0.15) is 12.4 Å². The number of aryl methyl sites for hydroxylation is 2. The van der Waals surface area contributed by atoms with E-state index in [9.17, 15) is 4.79 Å². The maximum Gasteiger partial charge on any atom is 0.220 e. The summed E-state index contributed by atoms with van der Waals surface area (Å²) in [5.41, 5.74) is 3.83. The molecular weight excluding hydrogens is 428 g/mol. The normalized spacial score (nSPS) is 18.4. The van der Waals surface area contributed by atoms with Gasteiger partial charge in [0.2, 0.25) is 5.91 Å². The summed E-state index contributed by atoms with van der Waals surface area (Å²) in [6.07, 6.45) is 4.46. The smallest absolute Gasteiger partial charge is 0.220 e. The van der Waals surface area contributed by atoms with Crippen molar-refractivity contribution in [3.63, 3.8) is 0 Å². The summed E-state index contributed by atoms with van der Waals surface area (Å²) in [7, 11) is 1.65. The van der Waals surface area contributed by atoms with Gasteiger partial charge < -0.3 is 15.4 Å². The van der Waals surface area contributed by atoms with Gasteiger partial charge in [-0.15, -0.1) is 0 Å². The van der Waals surface area contributed by atoms with Gasteiger partial charge in [0.05, 0.1) is 16.8 Å². The van der Waals surface area contributed by atoms with E-state index in [1.807, 2.05) is 11.6 Å². The number of benzene rings is 1. The quantitative estimate of drug-likeness (QED) is 0.511. The number of anilines is 1. The lowest BCUT2D eigenvalue weighted by atomic mass is 9.91. The average Bonchev–Trinajstić information content (AvgIpc) is 3.12. The summed E-state index contributed by atoms with van der Waals surface area (Å²) >= 11 is 0. The third-order valence-electron chi connectivity index (χ3n) is 6.33. The fourth-order valence-corrected chi connectivity index (χ4v) is 4.62. The van der Waals surface area contributed by atoms with E-state index in [2.05, 4.69) is 55.7 Å². The topological polar surface area (TPSA) is 94.0 Å². The van der Waals surface area contributed by atoms with Crippen molar-refractivity contribution in [1.29, 1.82) is 0 Å². The minimum Gasteiger partial charge on any atom is -0.377 e. The molecule has 1 aliphatic rings. The fraction of sp³-hybridized carbons (Fsp3) is 0.538. The van der Waals surface area contributed by atoms with Gasteiger partial charge in [-0.3, -0.25) is 4.79 Å². The summed E-state index contributed by atoms with van der Waals surface area (Å²) in [5, 5.41) is 12.6. The van der Waals surface area contributed by atoms with Crippen LogP contribution in [0.25, 0.3) is 16.7 Å². The number of amides is 1. The number of carbonyl (C=O) groups is 1. The number of methoxy groups -OCH3 is 1. The maximum atomic E-state index is 12.2. The van der Waals surface area contributed by atoms with E-state index in [4.69, 9.17) is 19.8 Å². The average molecular weight is 465 g/mol. The Hall–Kier alpha value is -3.00. The lowest BCUT2D eigenvalue weighted by Crippen LogP contribution is -2.40. The Morgan fingerprint density at radius 2 is 1.76 bits per heavy atom. The number of nitrogens with zero attached hydrogens (tertiary/aromatic N) is 4. The van der Waals surface area contributed by atoms with Crippen LogP contribution in [0.5, 0.6) is 0 Å². The van der Waals surface area contributed by atoms with Gasteiger partial charge in [0, 0.05) is 25.6 Å². The van der Waals surface area contributed by atoms with Gasteiger partial charge in [0.25, 0.3) is 0 Å². The largest absolute Gasteiger partial charge is 0.377 e. The van der Waals surface area contributed by atoms with E-state index in [-0.39, 0.29) is 18.0 Å². The predicted molar refractivity (Wildman–Crippen MR) is 134 cm³/mol. The zero-order chi connectivity index (χ0) is 24.2. The van der Waals surface area contributed by atoms with Crippen molar-refractivity contribution in [2.24, 2.45) is 5.92 Å². The zero-order valence-corrected chi connectivity index (χ0v) is 20.9. The molecule has 0 saturated heterocycles. The van der Waals surface area contributed by atoms with Crippen molar-refractivity contribution in [2.75, 3.05) is 12.4 Å². The van der Waals surface area contributed by atoms with E-state index in [1.54, 1.807) is 7.11 Å². The molecule has 182 valence electrons. The first kappa shape index (κ1) is 24.1. The van der Waals surface area contributed by atoms with Crippen LogP contribution in [-0.2, 0) is 16.1 Å². The summed E-state index contributed by atoms with van der Waals surface area (Å²) in [5.74, 6) is 1.97. The number of ether oxygens (including phenoxy) is 1. The summed E-state index contributed by atoms with van der Waals surface area (Å²) < 4.78 is 7.23. The Balaban J connectivity index is 1.55. The highest BCUT2D eigenvalue weighted by atomic mass is 16.5. The molecule has 0 unspecified atom stereocenters. The molecular formula is C26H36N6O2. The highest BCUT2D eigenvalue weighted by molar-refractivity contribution is 5.90. The number of fused-ring (bicyclic) bond motifs is 1. The van der Waals surface area contributed by atoms with Gasteiger partial charge in [0.15, 0.2) is 11.5 Å². The molecule has 1 aromatic carbocycles. The van der Waals surface area contributed by atoms with Crippen LogP contribution < -0.4 is 10.6 Å². The van der Waals surface area contributed by atoms with Crippen LogP contribution >= 0.6 is 0 Å². The van der Waals surface area contributed by atoms with Gasteiger partial charge in [-0.25, -0.2) is 14.6 Å². The van der Waals surface area contributed by atoms with Gasteiger partial charge in [-0.2, -0.15) is 5.10 Å². The highest BCUT2D eigenvalue weighted by Gasteiger charge is 2.25. The Kier molecular flexibility index (Phi) is 7.46. The minimum atomic E-state index is 0.160. The Morgan fingerprint density at radius 1 is 1.09 bits per heavy atom. The first-order chi connectivity index (χ1) is 16.3. The summed E-state index contributed by atoms with van der Waals surface area (Å²) in [4.78, 5) is 21.7. The molecule has 1 aliphatic carbocycles. The van der Waals surface area contributed by atoms with E-state index in [0.717, 1.165) is 53.9 Å². The van der Waals surface area contributed by atoms with Crippen molar-refractivity contribution in [3.05, 3.63) is 41.3 Å². The molecule has 4 rings (SSSR count). The maximum absolute atomic E-state index is 12.2. The van der Waals surface area contributed by atoms with Crippen LogP contribution in [0.15, 0.2) is 24.3 Å². The van der Waals surface area contributed by atoms with E-state index in [1.165, 1.54) is 5.56 Å². The van der Waals surface area contributed by atoms with Crippen LogP contribution in [-0.4, -0.2) is 44.8 Å². The van der Waals surface area contributed by atoms with Crippen molar-refractivity contribution in [1.82, 2.24) is 25.1 Å². The molecule has 1 fully saturated rings. The molecule has 1 saturated carbocycles. The van der Waals surface area contributed by atoms with Crippen molar-refractivity contribution >= 4 is 22.8 Å². The van der Waals surface area contributed by atoms with Crippen molar-refractivity contribution < 1.29 is 9.53 Å². The molecule has 2 aromatic heterocycles. The van der Waals surface area contributed by atoms with Crippen molar-refractivity contribution in [2.45, 2.75) is 78.5 Å². The second-order valence-corrected chi connectivity index (χ2v) is 9.81. The molecule has 2 heterocycles. The summed E-state index contributed by atoms with van der Waals surface area (Å²) in [6.45, 7) is 8.55. The number of nitrogens with one attached hydrogen (secondary N) is 2. The number of hydrogen-bond donors (Lipinski definition) is 2. The molecule has 34 heavy (non-hydrogen) atoms. The molecule has 0 atom stereocenters. The molecule has 3 aromatic rings. The zero-order valence-electron chi connectivity index (χ0n) is 20.9. The first-order valence-electron chi connectivity index (χ1n) is 12.2. The molecule has 0 spiro atoms. The molecule has 0 radical (unpaired) electrons. The van der Waals surface area contributed by atoms with Gasteiger partial charge in [-0.1, -0.05) is 31.5 Å². The lowest BCUT2D eigenvalue weighted by Gasteiger charge is -2.30. The Bertz CT molecular complexity index is 1130. The fourth-order valence-electron chi connectivity index (χ4n) is 4.62. The molecule has 8 heteroatoms. The number of rotatable bonds is 8. The predicted octanol–water partition coefficient (Wildman–Crippen LogP) is 4.46. The standard InChI is InChI=1S/C26H36N6O2/c1-16(2)14-23(33)27-19-8-10-20(11-9-19)28-25-24-18(4)31-32(21-12-6-17(3)7-13-21)26(24)30-22(29-25)15-34-5/h6-7,12-13,16,19-20H,8-11,14-15H2,1-5H3,(H,27,33)(H,28,29,30). The highest BCUT2D eigenvalue weighted by Crippen LogP contribution is 2.29. The monoisotopic (exact) mass is 464 g/mol. The van der Waals surface area contributed by atoms with Crippen LogP contribution in [0.4, 0.5) is 5.82 Å².